The minimum absolute atomic E-state index is 0.300. The lowest BCUT2D eigenvalue weighted by Crippen LogP contribution is -2.40. The highest BCUT2D eigenvalue weighted by molar-refractivity contribution is 6.36. The van der Waals surface area contributed by atoms with E-state index in [1.54, 1.807) is 24.3 Å². The molecular formula is C24H16N2O2. The van der Waals surface area contributed by atoms with Crippen LogP contribution >= 0.6 is 0 Å². The number of hydrogen-bond acceptors (Lipinski definition) is 3. The predicted molar refractivity (Wildman–Crippen MR) is 111 cm³/mol. The molecule has 0 radical (unpaired) electrons. The molecule has 0 atom stereocenters. The van der Waals surface area contributed by atoms with Crippen LogP contribution in [0.25, 0.3) is 10.8 Å². The summed E-state index contributed by atoms with van der Waals surface area (Å²) in [4.78, 5) is 27.6. The zero-order chi connectivity index (χ0) is 19.1. The van der Waals surface area contributed by atoms with Crippen molar-refractivity contribution < 1.29 is 9.59 Å². The molecule has 0 aliphatic carbocycles. The van der Waals surface area contributed by atoms with Gasteiger partial charge in [-0.15, -0.1) is 0 Å². The van der Waals surface area contributed by atoms with Crippen molar-refractivity contribution in [3.05, 3.63) is 102 Å². The number of carbonyl (C=O) groups is 2. The summed E-state index contributed by atoms with van der Waals surface area (Å²) in [6, 6.07) is 28.1. The third-order valence-corrected chi connectivity index (χ3v) is 4.97. The van der Waals surface area contributed by atoms with E-state index in [0.717, 1.165) is 16.8 Å². The van der Waals surface area contributed by atoms with E-state index < -0.39 is 0 Å². The molecule has 2 amide bonds. The number of rotatable bonds is 3. The van der Waals surface area contributed by atoms with E-state index in [9.17, 15) is 9.59 Å². The molecular weight excluding hydrogens is 348 g/mol. The zero-order valence-corrected chi connectivity index (χ0v) is 14.9. The minimum Gasteiger partial charge on any atom is -0.355 e. The fraction of sp³-hybridized carbons (Fsp3) is 0. The third kappa shape index (κ3) is 2.47. The van der Waals surface area contributed by atoms with Gasteiger partial charge in [-0.25, -0.2) is 4.90 Å². The first kappa shape index (κ1) is 16.3. The molecule has 4 aromatic carbocycles. The van der Waals surface area contributed by atoms with Crippen LogP contribution in [-0.2, 0) is 0 Å². The molecule has 0 aromatic heterocycles. The van der Waals surface area contributed by atoms with Crippen molar-refractivity contribution in [3.8, 4) is 0 Å². The summed E-state index contributed by atoms with van der Waals surface area (Å²) in [6.45, 7) is 0. The summed E-state index contributed by atoms with van der Waals surface area (Å²) < 4.78 is 0. The van der Waals surface area contributed by atoms with Crippen LogP contribution in [0.1, 0.15) is 20.7 Å². The second kappa shape index (κ2) is 6.35. The maximum atomic E-state index is 13.2. The molecule has 0 spiro atoms. The van der Waals surface area contributed by atoms with E-state index in [1.807, 2.05) is 66.7 Å². The highest BCUT2D eigenvalue weighted by atomic mass is 16.2. The number of para-hydroxylation sites is 2. The average molecular weight is 364 g/mol. The summed E-state index contributed by atoms with van der Waals surface area (Å²) in [5.41, 5.74) is 3.45. The van der Waals surface area contributed by atoms with E-state index in [0.29, 0.717) is 22.2 Å². The third-order valence-electron chi connectivity index (χ3n) is 4.97. The second-order valence-corrected chi connectivity index (χ2v) is 6.66. The lowest BCUT2D eigenvalue weighted by molar-refractivity contribution is 0.0893. The van der Waals surface area contributed by atoms with Crippen LogP contribution in [0.4, 0.5) is 17.1 Å². The van der Waals surface area contributed by atoms with Crippen molar-refractivity contribution in [2.24, 2.45) is 0 Å². The number of nitrogens with zero attached hydrogens (tertiary/aromatic N) is 1. The Morgan fingerprint density at radius 1 is 0.607 bits per heavy atom. The Morgan fingerprint density at radius 2 is 1.25 bits per heavy atom. The number of imide groups is 1. The van der Waals surface area contributed by atoms with Crippen molar-refractivity contribution in [2.75, 3.05) is 10.2 Å². The number of carbonyl (C=O) groups excluding carboxylic acids is 2. The summed E-state index contributed by atoms with van der Waals surface area (Å²) in [5.74, 6) is -0.600. The van der Waals surface area contributed by atoms with E-state index in [-0.39, 0.29) is 11.8 Å². The molecule has 1 aliphatic rings. The lowest BCUT2D eigenvalue weighted by atomic mass is 9.92. The van der Waals surface area contributed by atoms with Crippen LogP contribution in [0.5, 0.6) is 0 Å². The topological polar surface area (TPSA) is 49.4 Å². The van der Waals surface area contributed by atoms with Crippen molar-refractivity contribution in [3.63, 3.8) is 0 Å². The molecule has 4 aromatic rings. The first-order valence-corrected chi connectivity index (χ1v) is 9.06. The van der Waals surface area contributed by atoms with Gasteiger partial charge in [0.2, 0.25) is 0 Å². The van der Waals surface area contributed by atoms with Crippen LogP contribution in [0.15, 0.2) is 91.0 Å². The summed E-state index contributed by atoms with van der Waals surface area (Å²) in [7, 11) is 0. The molecule has 0 saturated heterocycles. The number of benzene rings is 4. The number of amides is 2. The van der Waals surface area contributed by atoms with Crippen molar-refractivity contribution >= 4 is 39.6 Å². The molecule has 0 bridgehead atoms. The minimum atomic E-state index is -0.300. The molecule has 134 valence electrons. The van der Waals surface area contributed by atoms with E-state index in [2.05, 4.69) is 5.32 Å². The molecule has 4 nitrogen and oxygen atoms in total. The number of hydrogen-bond donors (Lipinski definition) is 1. The molecule has 5 rings (SSSR count). The quantitative estimate of drug-likeness (QED) is 0.496. The monoisotopic (exact) mass is 364 g/mol. The van der Waals surface area contributed by atoms with E-state index in [4.69, 9.17) is 0 Å². The summed E-state index contributed by atoms with van der Waals surface area (Å²) >= 11 is 0. The first-order chi connectivity index (χ1) is 13.7. The summed E-state index contributed by atoms with van der Waals surface area (Å²) in [6.07, 6.45) is 0. The van der Waals surface area contributed by atoms with Crippen LogP contribution in [0, 0.1) is 0 Å². The molecule has 1 N–H and O–H groups in total. The van der Waals surface area contributed by atoms with Gasteiger partial charge in [-0.05, 0) is 42.5 Å². The Bertz CT molecular complexity index is 1200. The van der Waals surface area contributed by atoms with Gasteiger partial charge in [0.25, 0.3) is 11.8 Å². The van der Waals surface area contributed by atoms with Crippen molar-refractivity contribution in [1.82, 2.24) is 0 Å². The Morgan fingerprint density at radius 3 is 1.96 bits per heavy atom. The van der Waals surface area contributed by atoms with Crippen molar-refractivity contribution in [2.45, 2.75) is 0 Å². The fourth-order valence-electron chi connectivity index (χ4n) is 3.69. The Kier molecular flexibility index (Phi) is 3.69. The zero-order valence-electron chi connectivity index (χ0n) is 14.9. The molecule has 0 saturated carbocycles. The van der Waals surface area contributed by atoms with Gasteiger partial charge in [-0.1, -0.05) is 48.5 Å². The molecule has 0 unspecified atom stereocenters. The smallest absolute Gasteiger partial charge is 0.265 e. The standard InChI is InChI=1S/C24H16N2O2/c27-23-19-13-7-12-18-21(25-16-8-3-1-4-9-16)15-14-20(22(18)19)24(28)26(23)17-10-5-2-6-11-17/h1-15,25H. The maximum absolute atomic E-state index is 13.2. The van der Waals surface area contributed by atoms with Crippen LogP contribution in [0.2, 0.25) is 0 Å². The fourth-order valence-corrected chi connectivity index (χ4v) is 3.69. The van der Waals surface area contributed by atoms with Gasteiger partial charge < -0.3 is 5.32 Å². The molecule has 1 heterocycles. The SMILES string of the molecule is O=C1c2cccc3c(Nc4ccccc4)ccc(c23)C(=O)N1c1ccccc1. The van der Waals surface area contributed by atoms with E-state index >= 15 is 0 Å². The van der Waals surface area contributed by atoms with Gasteiger partial charge in [0.05, 0.1) is 5.69 Å². The highest BCUT2D eigenvalue weighted by Gasteiger charge is 2.34. The molecule has 0 fully saturated rings. The van der Waals surface area contributed by atoms with Crippen LogP contribution in [-0.4, -0.2) is 11.8 Å². The summed E-state index contributed by atoms with van der Waals surface area (Å²) in [5, 5.41) is 4.94. The van der Waals surface area contributed by atoms with Crippen LogP contribution < -0.4 is 10.2 Å². The highest BCUT2D eigenvalue weighted by Crippen LogP contribution is 2.36. The number of anilines is 3. The number of nitrogens with one attached hydrogen (secondary N) is 1. The van der Waals surface area contributed by atoms with Crippen LogP contribution in [0.3, 0.4) is 0 Å². The Hall–Kier alpha value is -3.92. The van der Waals surface area contributed by atoms with Gasteiger partial charge in [0.1, 0.15) is 0 Å². The molecule has 1 aliphatic heterocycles. The van der Waals surface area contributed by atoms with Gasteiger partial charge in [0.15, 0.2) is 0 Å². The molecule has 28 heavy (non-hydrogen) atoms. The van der Waals surface area contributed by atoms with E-state index in [1.165, 1.54) is 4.90 Å². The van der Waals surface area contributed by atoms with Gasteiger partial charge in [0, 0.05) is 33.3 Å². The largest absolute Gasteiger partial charge is 0.355 e. The Balaban J connectivity index is 1.68. The van der Waals surface area contributed by atoms with Gasteiger partial charge in [-0.2, -0.15) is 0 Å². The van der Waals surface area contributed by atoms with Crippen molar-refractivity contribution in [1.29, 1.82) is 0 Å². The Labute approximate surface area is 162 Å². The average Bonchev–Trinajstić information content (AvgIpc) is 2.74. The van der Waals surface area contributed by atoms with Gasteiger partial charge >= 0.3 is 0 Å². The van der Waals surface area contributed by atoms with Gasteiger partial charge in [-0.3, -0.25) is 9.59 Å². The lowest BCUT2D eigenvalue weighted by Gasteiger charge is -2.28. The maximum Gasteiger partial charge on any atom is 0.265 e. The normalized spacial score (nSPS) is 13.1. The second-order valence-electron chi connectivity index (χ2n) is 6.66. The predicted octanol–water partition coefficient (Wildman–Crippen LogP) is 5.38. The first-order valence-electron chi connectivity index (χ1n) is 9.06. The molecule has 4 heteroatoms.